The van der Waals surface area contributed by atoms with E-state index in [1.807, 2.05) is 25.2 Å². The average molecular weight is 315 g/mol. The summed E-state index contributed by atoms with van der Waals surface area (Å²) >= 11 is 1.94. The molecule has 0 amide bonds. The Bertz CT molecular complexity index is 674. The lowest BCUT2D eigenvalue weighted by Crippen LogP contribution is -2.36. The Hall–Kier alpha value is -1.56. The van der Waals surface area contributed by atoms with Gasteiger partial charge in [-0.1, -0.05) is 0 Å². The standard InChI is InChI=1S/C16H21N5S/c1-10-11(2)19-20-16(17-10)21-8-4-5-12(9-21)15-18-13-6-3-7-14(13)22-15/h12H,3-9H2,1-2H3. The fourth-order valence-corrected chi connectivity index (χ4v) is 4.60. The van der Waals surface area contributed by atoms with E-state index in [4.69, 9.17) is 4.98 Å². The first-order chi connectivity index (χ1) is 10.7. The van der Waals surface area contributed by atoms with E-state index in [2.05, 4.69) is 20.1 Å². The highest BCUT2D eigenvalue weighted by atomic mass is 32.1. The molecule has 2 aliphatic rings. The Balaban J connectivity index is 1.54. The van der Waals surface area contributed by atoms with Gasteiger partial charge in [0, 0.05) is 23.9 Å². The quantitative estimate of drug-likeness (QED) is 0.853. The zero-order valence-corrected chi connectivity index (χ0v) is 14.0. The molecule has 2 aromatic heterocycles. The molecule has 5 nitrogen and oxygen atoms in total. The van der Waals surface area contributed by atoms with Gasteiger partial charge in [-0.25, -0.2) is 9.97 Å². The first-order valence-corrected chi connectivity index (χ1v) is 8.93. The molecular formula is C16H21N5S. The first-order valence-electron chi connectivity index (χ1n) is 8.12. The van der Waals surface area contributed by atoms with Crippen LogP contribution in [0.1, 0.15) is 52.1 Å². The number of thiazole rings is 1. The molecule has 2 aromatic rings. The number of anilines is 1. The van der Waals surface area contributed by atoms with E-state index >= 15 is 0 Å². The Morgan fingerprint density at radius 3 is 2.77 bits per heavy atom. The predicted molar refractivity (Wildman–Crippen MR) is 87.6 cm³/mol. The largest absolute Gasteiger partial charge is 0.339 e. The number of aryl methyl sites for hydroxylation is 4. The van der Waals surface area contributed by atoms with E-state index in [0.29, 0.717) is 5.92 Å². The van der Waals surface area contributed by atoms with Crippen LogP contribution in [-0.2, 0) is 12.8 Å². The third-order valence-corrected chi connectivity index (χ3v) is 6.07. The monoisotopic (exact) mass is 315 g/mol. The van der Waals surface area contributed by atoms with Crippen molar-refractivity contribution >= 4 is 17.3 Å². The van der Waals surface area contributed by atoms with Gasteiger partial charge in [0.05, 0.1) is 22.1 Å². The highest BCUT2D eigenvalue weighted by molar-refractivity contribution is 7.11. The summed E-state index contributed by atoms with van der Waals surface area (Å²) in [6.45, 7) is 5.94. The Morgan fingerprint density at radius 1 is 1.05 bits per heavy atom. The smallest absolute Gasteiger partial charge is 0.245 e. The lowest BCUT2D eigenvalue weighted by molar-refractivity contribution is 0.498. The zero-order valence-electron chi connectivity index (χ0n) is 13.2. The number of rotatable bonds is 2. The predicted octanol–water partition coefficient (Wildman–Crippen LogP) is 2.82. The van der Waals surface area contributed by atoms with E-state index in [0.717, 1.165) is 30.4 Å². The average Bonchev–Trinajstić information content (AvgIpc) is 3.11. The first kappa shape index (κ1) is 14.1. The van der Waals surface area contributed by atoms with Gasteiger partial charge >= 0.3 is 0 Å². The van der Waals surface area contributed by atoms with Gasteiger partial charge in [0.1, 0.15) is 0 Å². The molecule has 6 heteroatoms. The van der Waals surface area contributed by atoms with Crippen LogP contribution in [0.25, 0.3) is 0 Å². The molecule has 0 N–H and O–H groups in total. The van der Waals surface area contributed by atoms with Gasteiger partial charge in [-0.2, -0.15) is 5.10 Å². The van der Waals surface area contributed by atoms with Gasteiger partial charge in [0.15, 0.2) is 0 Å². The molecule has 1 aliphatic heterocycles. The number of hydrogen-bond acceptors (Lipinski definition) is 6. The van der Waals surface area contributed by atoms with Crippen molar-refractivity contribution in [3.63, 3.8) is 0 Å². The van der Waals surface area contributed by atoms with Crippen LogP contribution >= 0.6 is 11.3 Å². The molecule has 1 aliphatic carbocycles. The molecule has 1 fully saturated rings. The summed E-state index contributed by atoms with van der Waals surface area (Å²) < 4.78 is 0. The van der Waals surface area contributed by atoms with Crippen molar-refractivity contribution < 1.29 is 0 Å². The Labute approximate surface area is 134 Å². The fraction of sp³-hybridized carbons (Fsp3) is 0.625. The minimum absolute atomic E-state index is 0.523. The van der Waals surface area contributed by atoms with Crippen molar-refractivity contribution in [3.05, 3.63) is 27.0 Å². The lowest BCUT2D eigenvalue weighted by atomic mass is 9.99. The van der Waals surface area contributed by atoms with Crippen LogP contribution in [0, 0.1) is 13.8 Å². The lowest BCUT2D eigenvalue weighted by Gasteiger charge is -2.31. The van der Waals surface area contributed by atoms with Crippen molar-refractivity contribution in [3.8, 4) is 0 Å². The van der Waals surface area contributed by atoms with E-state index in [-0.39, 0.29) is 0 Å². The second-order valence-electron chi connectivity index (χ2n) is 6.34. The maximum atomic E-state index is 4.91. The third-order valence-electron chi connectivity index (χ3n) is 4.75. The minimum atomic E-state index is 0.523. The molecule has 0 bridgehead atoms. The molecule has 0 saturated carbocycles. The molecule has 1 atom stereocenters. The van der Waals surface area contributed by atoms with Crippen molar-refractivity contribution in [2.24, 2.45) is 0 Å². The van der Waals surface area contributed by atoms with Gasteiger partial charge in [0.2, 0.25) is 5.95 Å². The highest BCUT2D eigenvalue weighted by Crippen LogP contribution is 2.35. The maximum absolute atomic E-state index is 4.91. The van der Waals surface area contributed by atoms with Crippen molar-refractivity contribution in [2.75, 3.05) is 18.0 Å². The van der Waals surface area contributed by atoms with Crippen LogP contribution in [0.15, 0.2) is 0 Å². The van der Waals surface area contributed by atoms with Crippen molar-refractivity contribution in [2.45, 2.75) is 51.9 Å². The van der Waals surface area contributed by atoms with Crippen LogP contribution in [0.4, 0.5) is 5.95 Å². The van der Waals surface area contributed by atoms with Gasteiger partial charge in [0.25, 0.3) is 0 Å². The molecular weight excluding hydrogens is 294 g/mol. The van der Waals surface area contributed by atoms with E-state index in [9.17, 15) is 0 Å². The van der Waals surface area contributed by atoms with E-state index in [1.54, 1.807) is 0 Å². The minimum Gasteiger partial charge on any atom is -0.339 e. The molecule has 0 spiro atoms. The topological polar surface area (TPSA) is 54.8 Å². The molecule has 116 valence electrons. The summed E-state index contributed by atoms with van der Waals surface area (Å²) in [4.78, 5) is 13.3. The van der Waals surface area contributed by atoms with Crippen molar-refractivity contribution in [1.82, 2.24) is 20.2 Å². The van der Waals surface area contributed by atoms with Gasteiger partial charge < -0.3 is 4.90 Å². The van der Waals surface area contributed by atoms with Crippen LogP contribution in [0.3, 0.4) is 0 Å². The molecule has 0 radical (unpaired) electrons. The summed E-state index contributed by atoms with van der Waals surface area (Å²) in [6.07, 6.45) is 6.08. The molecule has 1 unspecified atom stereocenters. The number of aromatic nitrogens is 4. The maximum Gasteiger partial charge on any atom is 0.245 e. The zero-order chi connectivity index (χ0) is 15.1. The van der Waals surface area contributed by atoms with Crippen LogP contribution in [-0.4, -0.2) is 33.3 Å². The SMILES string of the molecule is Cc1nnc(N2CCCC(c3nc4c(s3)CCC4)C2)nc1C. The van der Waals surface area contributed by atoms with Crippen molar-refractivity contribution in [1.29, 1.82) is 0 Å². The normalized spacial score (nSPS) is 21.2. The van der Waals surface area contributed by atoms with Crippen LogP contribution in [0.2, 0.25) is 0 Å². The number of fused-ring (bicyclic) bond motifs is 1. The summed E-state index contributed by atoms with van der Waals surface area (Å²) in [7, 11) is 0. The fourth-order valence-electron chi connectivity index (χ4n) is 3.32. The number of hydrogen-bond donors (Lipinski definition) is 0. The highest BCUT2D eigenvalue weighted by Gasteiger charge is 2.27. The van der Waals surface area contributed by atoms with E-state index < -0.39 is 0 Å². The Kier molecular flexibility index (Phi) is 3.56. The van der Waals surface area contributed by atoms with Gasteiger partial charge in [-0.05, 0) is 46.0 Å². The molecule has 0 aromatic carbocycles. The molecule has 4 rings (SSSR count). The molecule has 1 saturated heterocycles. The number of piperidine rings is 1. The van der Waals surface area contributed by atoms with Crippen LogP contribution in [0.5, 0.6) is 0 Å². The second kappa shape index (κ2) is 5.57. The summed E-state index contributed by atoms with van der Waals surface area (Å²) in [6, 6.07) is 0. The third kappa shape index (κ3) is 2.49. The van der Waals surface area contributed by atoms with E-state index in [1.165, 1.54) is 47.7 Å². The van der Waals surface area contributed by atoms with Gasteiger partial charge in [-0.15, -0.1) is 16.4 Å². The molecule has 22 heavy (non-hydrogen) atoms. The summed E-state index contributed by atoms with van der Waals surface area (Å²) in [5.74, 6) is 1.30. The number of nitrogens with zero attached hydrogens (tertiary/aromatic N) is 5. The summed E-state index contributed by atoms with van der Waals surface area (Å²) in [5, 5.41) is 9.84. The van der Waals surface area contributed by atoms with Crippen LogP contribution < -0.4 is 4.90 Å². The summed E-state index contributed by atoms with van der Waals surface area (Å²) in [5.41, 5.74) is 3.25. The van der Waals surface area contributed by atoms with Gasteiger partial charge in [-0.3, -0.25) is 0 Å². The Morgan fingerprint density at radius 2 is 1.95 bits per heavy atom. The second-order valence-corrected chi connectivity index (χ2v) is 7.46. The molecule has 3 heterocycles.